The first-order chi connectivity index (χ1) is 13.5. The number of carbonyl (C=O) groups excluding carboxylic acids is 2. The molecule has 1 aliphatic rings. The summed E-state index contributed by atoms with van der Waals surface area (Å²) in [6, 6.07) is 20.2. The van der Waals surface area contributed by atoms with E-state index in [0.29, 0.717) is 11.5 Å². The van der Waals surface area contributed by atoms with Crippen molar-refractivity contribution in [1.29, 1.82) is 0 Å². The molecule has 4 rings (SSSR count). The number of rotatable bonds is 4. The number of halogens is 1. The third-order valence-corrected chi connectivity index (χ3v) is 6.31. The second kappa shape index (κ2) is 7.97. The summed E-state index contributed by atoms with van der Waals surface area (Å²) < 4.78 is 7.00. The van der Waals surface area contributed by atoms with Crippen molar-refractivity contribution in [2.45, 2.75) is 6.61 Å². The SMILES string of the molecule is CN1C(=O)S/C(=C\c2ccc(OCc3cccc4ccccc34)c(I)c2)C1=O. The Morgan fingerprint density at radius 1 is 1.07 bits per heavy atom. The molecular weight excluding hydrogens is 485 g/mol. The van der Waals surface area contributed by atoms with Gasteiger partial charge in [-0.3, -0.25) is 14.5 Å². The van der Waals surface area contributed by atoms with Gasteiger partial charge in [0.2, 0.25) is 0 Å². The molecular formula is C22H16INO3S. The van der Waals surface area contributed by atoms with E-state index in [9.17, 15) is 9.59 Å². The van der Waals surface area contributed by atoms with Gasteiger partial charge >= 0.3 is 0 Å². The molecule has 0 N–H and O–H groups in total. The van der Waals surface area contributed by atoms with E-state index in [0.717, 1.165) is 37.1 Å². The topological polar surface area (TPSA) is 46.6 Å². The minimum absolute atomic E-state index is 0.249. The molecule has 0 atom stereocenters. The van der Waals surface area contributed by atoms with Crippen molar-refractivity contribution in [2.75, 3.05) is 7.05 Å². The molecule has 1 fully saturated rings. The van der Waals surface area contributed by atoms with Crippen LogP contribution in [0.2, 0.25) is 0 Å². The molecule has 2 amide bonds. The molecule has 3 aromatic rings. The minimum Gasteiger partial charge on any atom is -0.488 e. The third-order valence-electron chi connectivity index (χ3n) is 4.50. The van der Waals surface area contributed by atoms with Crippen molar-refractivity contribution in [3.05, 3.63) is 80.3 Å². The van der Waals surface area contributed by atoms with Crippen LogP contribution >= 0.6 is 34.4 Å². The van der Waals surface area contributed by atoms with Crippen LogP contribution in [-0.2, 0) is 11.4 Å². The van der Waals surface area contributed by atoms with Gasteiger partial charge in [-0.15, -0.1) is 0 Å². The van der Waals surface area contributed by atoms with Gasteiger partial charge in [-0.05, 0) is 74.5 Å². The quantitative estimate of drug-likeness (QED) is 0.341. The summed E-state index contributed by atoms with van der Waals surface area (Å²) in [5, 5.41) is 2.13. The third kappa shape index (κ3) is 3.79. The van der Waals surface area contributed by atoms with Gasteiger partial charge in [-0.1, -0.05) is 48.5 Å². The van der Waals surface area contributed by atoms with Crippen molar-refractivity contribution in [2.24, 2.45) is 0 Å². The number of fused-ring (bicyclic) bond motifs is 1. The van der Waals surface area contributed by atoms with Gasteiger partial charge in [-0.2, -0.15) is 0 Å². The number of nitrogens with zero attached hydrogens (tertiary/aromatic N) is 1. The Morgan fingerprint density at radius 3 is 2.61 bits per heavy atom. The van der Waals surface area contributed by atoms with Crippen LogP contribution < -0.4 is 4.74 Å². The minimum atomic E-state index is -0.263. The van der Waals surface area contributed by atoms with Gasteiger partial charge < -0.3 is 4.74 Å². The Labute approximate surface area is 180 Å². The van der Waals surface area contributed by atoms with Crippen LogP contribution in [0.15, 0.2) is 65.6 Å². The predicted octanol–water partition coefficient (Wildman–Crippen LogP) is 5.69. The number of thioether (sulfide) groups is 1. The summed E-state index contributed by atoms with van der Waals surface area (Å²) in [6.07, 6.45) is 1.74. The summed E-state index contributed by atoms with van der Waals surface area (Å²) >= 11 is 3.18. The molecule has 6 heteroatoms. The first-order valence-corrected chi connectivity index (χ1v) is 10.5. The van der Waals surface area contributed by atoms with Crippen molar-refractivity contribution in [1.82, 2.24) is 4.90 Å². The number of benzene rings is 3. The van der Waals surface area contributed by atoms with E-state index in [1.807, 2.05) is 36.4 Å². The van der Waals surface area contributed by atoms with Crippen molar-refractivity contribution >= 4 is 62.3 Å². The molecule has 140 valence electrons. The smallest absolute Gasteiger partial charge is 0.293 e. The largest absolute Gasteiger partial charge is 0.488 e. The first-order valence-electron chi connectivity index (χ1n) is 8.63. The molecule has 28 heavy (non-hydrogen) atoms. The standard InChI is InChI=1S/C22H16INO3S/c1-24-21(25)20(28-22(24)26)12-14-9-10-19(18(23)11-14)27-13-16-7-4-6-15-5-2-3-8-17(15)16/h2-12H,13H2,1H3/b20-12-. The average Bonchev–Trinajstić information content (AvgIpc) is 2.94. The second-order valence-electron chi connectivity index (χ2n) is 6.36. The monoisotopic (exact) mass is 501 g/mol. The van der Waals surface area contributed by atoms with Crippen LogP contribution in [0.3, 0.4) is 0 Å². The first kappa shape index (κ1) is 19.0. The number of likely N-dealkylation sites (N-methyl/N-ethyl adjacent to an activating group) is 1. The molecule has 0 aliphatic carbocycles. The number of hydrogen-bond donors (Lipinski definition) is 0. The van der Waals surface area contributed by atoms with Gasteiger partial charge in [0.1, 0.15) is 12.4 Å². The molecule has 0 radical (unpaired) electrons. The normalized spacial score (nSPS) is 15.6. The van der Waals surface area contributed by atoms with Gasteiger partial charge in [0.05, 0.1) is 8.48 Å². The van der Waals surface area contributed by atoms with Crippen LogP contribution in [0.1, 0.15) is 11.1 Å². The fraction of sp³-hybridized carbons (Fsp3) is 0.0909. The van der Waals surface area contributed by atoms with E-state index >= 15 is 0 Å². The molecule has 0 aromatic heterocycles. The highest BCUT2D eigenvalue weighted by molar-refractivity contribution is 14.1. The zero-order valence-corrected chi connectivity index (χ0v) is 18.0. The van der Waals surface area contributed by atoms with E-state index in [4.69, 9.17) is 4.74 Å². The Balaban J connectivity index is 1.52. The Morgan fingerprint density at radius 2 is 1.86 bits per heavy atom. The molecule has 0 bridgehead atoms. The number of amides is 2. The molecule has 0 unspecified atom stereocenters. The van der Waals surface area contributed by atoms with Crippen LogP contribution in [0.5, 0.6) is 5.75 Å². The fourth-order valence-electron chi connectivity index (χ4n) is 2.99. The van der Waals surface area contributed by atoms with E-state index in [2.05, 4.69) is 46.9 Å². The van der Waals surface area contributed by atoms with Gasteiger partial charge in [0.25, 0.3) is 11.1 Å². The van der Waals surface area contributed by atoms with E-state index in [1.54, 1.807) is 6.08 Å². The Bertz CT molecular complexity index is 1120. The number of carbonyl (C=O) groups is 2. The number of ether oxygens (including phenoxy) is 1. The van der Waals surface area contributed by atoms with Crippen LogP contribution in [0, 0.1) is 3.57 Å². The van der Waals surface area contributed by atoms with E-state index in [1.165, 1.54) is 17.8 Å². The second-order valence-corrected chi connectivity index (χ2v) is 8.51. The van der Waals surface area contributed by atoms with E-state index in [-0.39, 0.29) is 11.1 Å². The average molecular weight is 501 g/mol. The lowest BCUT2D eigenvalue weighted by Gasteiger charge is -2.11. The molecule has 0 saturated carbocycles. The lowest BCUT2D eigenvalue weighted by Crippen LogP contribution is -2.22. The molecule has 1 heterocycles. The van der Waals surface area contributed by atoms with Crippen molar-refractivity contribution in [3.63, 3.8) is 0 Å². The molecule has 0 spiro atoms. The lowest BCUT2D eigenvalue weighted by molar-refractivity contribution is -0.121. The maximum Gasteiger partial charge on any atom is 0.293 e. The van der Waals surface area contributed by atoms with Gasteiger partial charge in [0, 0.05) is 7.05 Å². The molecule has 1 saturated heterocycles. The number of hydrogen-bond acceptors (Lipinski definition) is 4. The highest BCUT2D eigenvalue weighted by Crippen LogP contribution is 2.32. The lowest BCUT2D eigenvalue weighted by atomic mass is 10.1. The Kier molecular flexibility index (Phi) is 5.41. The molecule has 3 aromatic carbocycles. The number of imide groups is 1. The summed E-state index contributed by atoms with van der Waals surface area (Å²) in [6.45, 7) is 0.478. The van der Waals surface area contributed by atoms with Crippen molar-refractivity contribution < 1.29 is 14.3 Å². The summed E-state index contributed by atoms with van der Waals surface area (Å²) in [7, 11) is 1.49. The zero-order valence-electron chi connectivity index (χ0n) is 15.0. The molecule has 4 nitrogen and oxygen atoms in total. The maximum atomic E-state index is 12.0. The fourth-order valence-corrected chi connectivity index (χ4v) is 4.52. The summed E-state index contributed by atoms with van der Waals surface area (Å²) in [5.74, 6) is 0.524. The van der Waals surface area contributed by atoms with Gasteiger partial charge in [-0.25, -0.2) is 0 Å². The molecule has 1 aliphatic heterocycles. The van der Waals surface area contributed by atoms with Crippen LogP contribution in [0.4, 0.5) is 4.79 Å². The van der Waals surface area contributed by atoms with Crippen molar-refractivity contribution in [3.8, 4) is 5.75 Å². The maximum absolute atomic E-state index is 12.0. The van der Waals surface area contributed by atoms with Gasteiger partial charge in [0.15, 0.2) is 0 Å². The van der Waals surface area contributed by atoms with Crippen LogP contribution in [0.25, 0.3) is 16.8 Å². The van der Waals surface area contributed by atoms with E-state index < -0.39 is 0 Å². The summed E-state index contributed by atoms with van der Waals surface area (Å²) in [5.41, 5.74) is 2.00. The Hall–Kier alpha value is -2.32. The van der Waals surface area contributed by atoms with Crippen LogP contribution in [-0.4, -0.2) is 23.1 Å². The highest BCUT2D eigenvalue weighted by Gasteiger charge is 2.31. The predicted molar refractivity (Wildman–Crippen MR) is 121 cm³/mol. The summed E-state index contributed by atoms with van der Waals surface area (Å²) in [4.78, 5) is 25.2. The zero-order chi connectivity index (χ0) is 19.7. The highest BCUT2D eigenvalue weighted by atomic mass is 127.